The van der Waals surface area contributed by atoms with Gasteiger partial charge in [0.05, 0.1) is 22.5 Å². The molecule has 1 heterocycles. The van der Waals surface area contributed by atoms with E-state index in [0.717, 1.165) is 0 Å². The summed E-state index contributed by atoms with van der Waals surface area (Å²) in [5.41, 5.74) is 0.674. The Hall–Kier alpha value is -2.98. The minimum atomic E-state index is -0.622. The number of Topliss-reactive ketones (excluding diaryl/α,β-unsaturated/α-hetero) is 1. The molecule has 1 N–H and O–H groups in total. The zero-order valence-electron chi connectivity index (χ0n) is 12.7. The number of nitrogens with one attached hydrogen (secondary N) is 1. The third-order valence-electron chi connectivity index (χ3n) is 3.04. The first kappa shape index (κ1) is 17.4. The van der Waals surface area contributed by atoms with Crippen LogP contribution in [0.1, 0.15) is 28.1 Å². The first-order chi connectivity index (χ1) is 11.6. The minimum Gasteiger partial charge on any atom is -0.456 e. The fraction of sp³-hybridized carbons (Fsp3) is 0.176. The molecule has 1 aromatic heterocycles. The largest absolute Gasteiger partial charge is 0.456 e. The molecule has 1 amide bonds. The molecule has 0 radical (unpaired) electrons. The predicted octanol–water partition coefficient (Wildman–Crippen LogP) is 2.76. The Balaban J connectivity index is 1.74. The fourth-order valence-electron chi connectivity index (χ4n) is 1.87. The van der Waals surface area contributed by atoms with Crippen molar-refractivity contribution >= 4 is 34.7 Å². The average Bonchev–Trinajstić information content (AvgIpc) is 3.13. The molecule has 0 fully saturated rings. The van der Waals surface area contributed by atoms with E-state index in [-0.39, 0.29) is 18.6 Å². The van der Waals surface area contributed by atoms with Crippen molar-refractivity contribution in [3.05, 3.63) is 52.2 Å². The molecule has 2 aromatic rings. The molecule has 24 heavy (non-hydrogen) atoms. The van der Waals surface area contributed by atoms with Crippen LogP contribution >= 0.6 is 11.3 Å². The molecule has 0 bridgehead atoms. The van der Waals surface area contributed by atoms with E-state index >= 15 is 0 Å². The highest BCUT2D eigenvalue weighted by Crippen LogP contribution is 2.14. The van der Waals surface area contributed by atoms with Crippen LogP contribution in [0.3, 0.4) is 0 Å². The van der Waals surface area contributed by atoms with E-state index < -0.39 is 18.5 Å². The molecule has 0 spiro atoms. The number of carbonyl (C=O) groups excluding carboxylic acids is 3. The van der Waals surface area contributed by atoms with Crippen molar-refractivity contribution in [2.45, 2.75) is 12.8 Å². The van der Waals surface area contributed by atoms with Crippen LogP contribution in [0.2, 0.25) is 0 Å². The Morgan fingerprint density at radius 2 is 1.92 bits per heavy atom. The number of esters is 1. The number of ketones is 1. The van der Waals surface area contributed by atoms with Crippen LogP contribution in [0.25, 0.3) is 0 Å². The van der Waals surface area contributed by atoms with Gasteiger partial charge in [-0.2, -0.15) is 5.26 Å². The van der Waals surface area contributed by atoms with Crippen molar-refractivity contribution in [3.8, 4) is 6.07 Å². The summed E-state index contributed by atoms with van der Waals surface area (Å²) in [7, 11) is 0. The van der Waals surface area contributed by atoms with Gasteiger partial charge in [-0.1, -0.05) is 18.2 Å². The van der Waals surface area contributed by atoms with E-state index in [4.69, 9.17) is 10.00 Å². The Labute approximate surface area is 142 Å². The lowest BCUT2D eigenvalue weighted by Gasteiger charge is -2.07. The van der Waals surface area contributed by atoms with E-state index in [9.17, 15) is 14.4 Å². The summed E-state index contributed by atoms with van der Waals surface area (Å²) in [6, 6.07) is 11.9. The Morgan fingerprint density at radius 1 is 1.12 bits per heavy atom. The van der Waals surface area contributed by atoms with Gasteiger partial charge in [0.25, 0.3) is 5.91 Å². The van der Waals surface area contributed by atoms with Gasteiger partial charge in [-0.05, 0) is 23.6 Å². The Morgan fingerprint density at radius 3 is 2.62 bits per heavy atom. The van der Waals surface area contributed by atoms with Gasteiger partial charge in [-0.3, -0.25) is 14.4 Å². The van der Waals surface area contributed by atoms with Crippen molar-refractivity contribution in [1.29, 1.82) is 5.26 Å². The maximum atomic E-state index is 11.8. The molecule has 2 rings (SSSR count). The van der Waals surface area contributed by atoms with Crippen LogP contribution in [0.5, 0.6) is 0 Å². The van der Waals surface area contributed by atoms with E-state index in [1.165, 1.54) is 11.3 Å². The highest BCUT2D eigenvalue weighted by molar-refractivity contribution is 7.12. The normalized spacial score (nSPS) is 9.79. The van der Waals surface area contributed by atoms with Gasteiger partial charge in [0, 0.05) is 6.42 Å². The molecule has 122 valence electrons. The number of benzene rings is 1. The van der Waals surface area contributed by atoms with Crippen LogP contribution in [-0.4, -0.2) is 24.3 Å². The SMILES string of the molecule is N#Cc1ccccc1NC(=O)COC(=O)CCC(=O)c1cccs1. The maximum Gasteiger partial charge on any atom is 0.306 e. The maximum absolute atomic E-state index is 11.8. The molecular weight excluding hydrogens is 328 g/mol. The topological polar surface area (TPSA) is 96.3 Å². The monoisotopic (exact) mass is 342 g/mol. The molecule has 0 saturated heterocycles. The Kier molecular flexibility index (Phi) is 6.23. The molecule has 0 aliphatic rings. The van der Waals surface area contributed by atoms with Crippen molar-refractivity contribution in [2.24, 2.45) is 0 Å². The van der Waals surface area contributed by atoms with Crippen LogP contribution in [0, 0.1) is 11.3 Å². The summed E-state index contributed by atoms with van der Waals surface area (Å²) >= 11 is 1.31. The van der Waals surface area contributed by atoms with Gasteiger partial charge in [-0.25, -0.2) is 0 Å². The predicted molar refractivity (Wildman–Crippen MR) is 88.6 cm³/mol. The number of para-hydroxylation sites is 1. The first-order valence-electron chi connectivity index (χ1n) is 7.11. The van der Waals surface area contributed by atoms with Gasteiger partial charge in [0.15, 0.2) is 12.4 Å². The molecular formula is C17H14N2O4S. The smallest absolute Gasteiger partial charge is 0.306 e. The van der Waals surface area contributed by atoms with Gasteiger partial charge in [0.1, 0.15) is 6.07 Å². The number of rotatable bonds is 7. The van der Waals surface area contributed by atoms with Crippen LogP contribution in [-0.2, 0) is 14.3 Å². The molecule has 7 heteroatoms. The van der Waals surface area contributed by atoms with Gasteiger partial charge >= 0.3 is 5.97 Å². The summed E-state index contributed by atoms with van der Waals surface area (Å²) in [6.45, 7) is -0.466. The fourth-order valence-corrected chi connectivity index (χ4v) is 2.56. The first-order valence-corrected chi connectivity index (χ1v) is 7.99. The standard InChI is InChI=1S/C17H14N2O4S/c18-10-12-4-1-2-5-13(12)19-16(21)11-23-17(22)8-7-14(20)15-6-3-9-24-15/h1-6,9H,7-8,11H2,(H,19,21). The second-order valence-electron chi connectivity index (χ2n) is 4.77. The van der Waals surface area contributed by atoms with Gasteiger partial charge < -0.3 is 10.1 Å². The highest BCUT2D eigenvalue weighted by Gasteiger charge is 2.13. The minimum absolute atomic E-state index is 0.0399. The zero-order valence-corrected chi connectivity index (χ0v) is 13.5. The second kappa shape index (κ2) is 8.60. The lowest BCUT2D eigenvalue weighted by molar-refractivity contribution is -0.147. The van der Waals surface area contributed by atoms with Crippen molar-refractivity contribution < 1.29 is 19.1 Å². The van der Waals surface area contributed by atoms with Gasteiger partial charge in [0.2, 0.25) is 0 Å². The van der Waals surface area contributed by atoms with E-state index in [1.54, 1.807) is 41.8 Å². The van der Waals surface area contributed by atoms with Crippen molar-refractivity contribution in [3.63, 3.8) is 0 Å². The average molecular weight is 342 g/mol. The number of anilines is 1. The summed E-state index contributed by atoms with van der Waals surface area (Å²) in [4.78, 5) is 35.7. The van der Waals surface area contributed by atoms with E-state index in [0.29, 0.717) is 16.1 Å². The number of carbonyl (C=O) groups is 3. The third kappa shape index (κ3) is 5.04. The van der Waals surface area contributed by atoms with E-state index in [2.05, 4.69) is 5.32 Å². The molecule has 6 nitrogen and oxygen atoms in total. The number of hydrogen-bond donors (Lipinski definition) is 1. The summed E-state index contributed by atoms with van der Waals surface area (Å²) < 4.78 is 4.83. The van der Waals surface area contributed by atoms with E-state index in [1.807, 2.05) is 6.07 Å². The highest BCUT2D eigenvalue weighted by atomic mass is 32.1. The van der Waals surface area contributed by atoms with Crippen molar-refractivity contribution in [1.82, 2.24) is 0 Å². The summed E-state index contributed by atoms with van der Waals surface area (Å²) in [6.07, 6.45) is -0.0446. The number of ether oxygens (including phenoxy) is 1. The third-order valence-corrected chi connectivity index (χ3v) is 3.95. The number of thiophene rings is 1. The molecule has 1 aromatic carbocycles. The zero-order chi connectivity index (χ0) is 17.4. The molecule has 0 atom stereocenters. The van der Waals surface area contributed by atoms with Crippen LogP contribution in [0.15, 0.2) is 41.8 Å². The number of hydrogen-bond acceptors (Lipinski definition) is 6. The second-order valence-corrected chi connectivity index (χ2v) is 5.71. The lowest BCUT2D eigenvalue weighted by atomic mass is 10.2. The van der Waals surface area contributed by atoms with Crippen molar-refractivity contribution in [2.75, 3.05) is 11.9 Å². The summed E-state index contributed by atoms with van der Waals surface area (Å²) in [5, 5.41) is 13.2. The molecule has 0 saturated carbocycles. The van der Waals surface area contributed by atoms with Crippen LogP contribution < -0.4 is 5.32 Å². The molecule has 0 aliphatic carbocycles. The molecule has 0 unspecified atom stereocenters. The van der Waals surface area contributed by atoms with Gasteiger partial charge in [-0.15, -0.1) is 11.3 Å². The number of amides is 1. The quantitative estimate of drug-likeness (QED) is 0.616. The summed E-state index contributed by atoms with van der Waals surface area (Å²) in [5.74, 6) is -1.30. The Bertz CT molecular complexity index is 778. The van der Waals surface area contributed by atoms with Crippen LogP contribution in [0.4, 0.5) is 5.69 Å². The number of nitriles is 1. The lowest BCUT2D eigenvalue weighted by Crippen LogP contribution is -2.21. The number of nitrogens with zero attached hydrogens (tertiary/aromatic N) is 1. The molecule has 0 aliphatic heterocycles.